The number of hydrogen-bond donors (Lipinski definition) is 1. The van der Waals surface area contributed by atoms with Crippen molar-refractivity contribution in [3.05, 3.63) is 66.5 Å². The Morgan fingerprint density at radius 2 is 2.04 bits per heavy atom. The lowest BCUT2D eigenvalue weighted by Crippen LogP contribution is -2.05. The van der Waals surface area contributed by atoms with E-state index < -0.39 is 6.08 Å². The lowest BCUT2D eigenvalue weighted by Gasteiger charge is -2.07. The zero-order chi connectivity index (χ0) is 15.6. The van der Waals surface area contributed by atoms with E-state index >= 15 is 0 Å². The molecule has 0 radical (unpaired) electrons. The number of fused-ring (bicyclic) bond motifs is 1. The fourth-order valence-corrected chi connectivity index (χ4v) is 2.59. The molecular weight excluding hydrogens is 293 g/mol. The third-order valence-corrected chi connectivity index (χ3v) is 3.70. The third-order valence-electron chi connectivity index (χ3n) is 3.70. The van der Waals surface area contributed by atoms with Gasteiger partial charge in [0.1, 0.15) is 6.33 Å². The average Bonchev–Trinajstić information content (AvgIpc) is 3.22. The predicted molar refractivity (Wildman–Crippen MR) is 87.1 cm³/mol. The van der Waals surface area contributed by atoms with Crippen molar-refractivity contribution < 1.29 is 4.39 Å². The Kier molecular flexibility index (Phi) is 3.34. The van der Waals surface area contributed by atoms with E-state index in [0.717, 1.165) is 17.7 Å². The molecular formula is C17H14FN5. The Morgan fingerprint density at radius 3 is 2.83 bits per heavy atom. The van der Waals surface area contributed by atoms with Gasteiger partial charge in [0, 0.05) is 12.2 Å². The van der Waals surface area contributed by atoms with Crippen molar-refractivity contribution in [3.63, 3.8) is 0 Å². The molecule has 0 atom stereocenters. The molecule has 0 saturated heterocycles. The van der Waals surface area contributed by atoms with Crippen LogP contribution >= 0.6 is 0 Å². The van der Waals surface area contributed by atoms with Crippen molar-refractivity contribution in [1.29, 1.82) is 0 Å². The van der Waals surface area contributed by atoms with Gasteiger partial charge in [0.15, 0.2) is 17.0 Å². The summed E-state index contributed by atoms with van der Waals surface area (Å²) in [7, 11) is 0. The first-order chi connectivity index (χ1) is 11.3. The molecule has 0 saturated carbocycles. The number of allylic oxidation sites excluding steroid dienone is 4. The highest BCUT2D eigenvalue weighted by Gasteiger charge is 2.15. The maximum absolute atomic E-state index is 13.8. The van der Waals surface area contributed by atoms with Gasteiger partial charge in [-0.1, -0.05) is 42.5 Å². The Labute approximate surface area is 132 Å². The first-order valence-corrected chi connectivity index (χ1v) is 7.37. The quantitative estimate of drug-likeness (QED) is 0.751. The van der Waals surface area contributed by atoms with E-state index in [-0.39, 0.29) is 0 Å². The van der Waals surface area contributed by atoms with E-state index in [4.69, 9.17) is 0 Å². The fourth-order valence-electron chi connectivity index (χ4n) is 2.59. The van der Waals surface area contributed by atoms with Gasteiger partial charge in [-0.15, -0.1) is 0 Å². The van der Waals surface area contributed by atoms with Crippen LogP contribution in [0, 0.1) is 6.08 Å². The van der Waals surface area contributed by atoms with E-state index in [1.54, 1.807) is 10.9 Å². The first kappa shape index (κ1) is 13.6. The largest absolute Gasteiger partial charge is 0.364 e. The summed E-state index contributed by atoms with van der Waals surface area (Å²) >= 11 is 0. The highest BCUT2D eigenvalue weighted by molar-refractivity contribution is 5.86. The van der Waals surface area contributed by atoms with Crippen LogP contribution < -0.4 is 5.32 Å². The van der Waals surface area contributed by atoms with Crippen molar-refractivity contribution >= 4 is 22.7 Å². The number of anilines is 1. The zero-order valence-electron chi connectivity index (χ0n) is 12.3. The molecule has 0 spiro atoms. The van der Waals surface area contributed by atoms with E-state index in [0.29, 0.717) is 23.5 Å². The summed E-state index contributed by atoms with van der Waals surface area (Å²) < 4.78 is 15.6. The molecule has 3 aromatic rings. The summed E-state index contributed by atoms with van der Waals surface area (Å²) in [6.45, 7) is 0.544. The number of nitrogens with one attached hydrogen (secondary N) is 1. The summed E-state index contributed by atoms with van der Waals surface area (Å²) in [4.78, 5) is 12.1. The van der Waals surface area contributed by atoms with Gasteiger partial charge >= 0.3 is 6.08 Å². The van der Waals surface area contributed by atoms with Gasteiger partial charge in [-0.05, 0) is 18.1 Å². The van der Waals surface area contributed by atoms with E-state index in [1.807, 2.05) is 48.6 Å². The summed E-state index contributed by atoms with van der Waals surface area (Å²) in [6, 6.07) is 9.86. The molecule has 2 heterocycles. The van der Waals surface area contributed by atoms with Crippen molar-refractivity contribution in [1.82, 2.24) is 19.5 Å². The van der Waals surface area contributed by atoms with Crippen LogP contribution in [-0.4, -0.2) is 19.5 Å². The van der Waals surface area contributed by atoms with Gasteiger partial charge in [-0.2, -0.15) is 14.4 Å². The molecule has 1 aliphatic carbocycles. The average molecular weight is 307 g/mol. The Hall–Kier alpha value is -3.02. The summed E-state index contributed by atoms with van der Waals surface area (Å²) in [6.07, 6.45) is 7.79. The van der Waals surface area contributed by atoms with Crippen molar-refractivity contribution in [2.24, 2.45) is 0 Å². The lowest BCUT2D eigenvalue weighted by molar-refractivity contribution is 0.544. The Balaban J connectivity index is 1.71. The molecule has 6 heteroatoms. The first-order valence-electron chi connectivity index (χ1n) is 7.37. The maximum Gasteiger partial charge on any atom is 0.312 e. The van der Waals surface area contributed by atoms with Gasteiger partial charge in [0.2, 0.25) is 0 Å². The SMILES string of the molecule is Fc1nc(NCc2ccccc2)c2ncn(C3=CCC=C3)c2n1. The highest BCUT2D eigenvalue weighted by Crippen LogP contribution is 2.24. The van der Waals surface area contributed by atoms with E-state index in [9.17, 15) is 4.39 Å². The minimum Gasteiger partial charge on any atom is -0.364 e. The zero-order valence-corrected chi connectivity index (χ0v) is 12.3. The number of imidazole rings is 1. The van der Waals surface area contributed by atoms with Gasteiger partial charge in [-0.3, -0.25) is 4.57 Å². The summed E-state index contributed by atoms with van der Waals surface area (Å²) in [5.74, 6) is 0.401. The minimum absolute atomic E-state index is 0.401. The second kappa shape index (κ2) is 5.64. The summed E-state index contributed by atoms with van der Waals surface area (Å²) in [5, 5.41) is 3.14. The standard InChI is InChI=1S/C17H14FN5/c18-17-21-15(19-10-12-6-2-1-3-7-12)14-16(22-17)23(11-20-14)13-8-4-5-9-13/h1-4,6-9,11H,5,10H2,(H,19,21,22). The third kappa shape index (κ3) is 2.59. The van der Waals surface area contributed by atoms with E-state index in [2.05, 4.69) is 20.3 Å². The molecule has 1 aliphatic rings. The number of nitrogens with zero attached hydrogens (tertiary/aromatic N) is 4. The van der Waals surface area contributed by atoms with Gasteiger partial charge in [0.05, 0.1) is 0 Å². The minimum atomic E-state index is -0.766. The molecule has 23 heavy (non-hydrogen) atoms. The molecule has 1 aromatic carbocycles. The highest BCUT2D eigenvalue weighted by atomic mass is 19.1. The van der Waals surface area contributed by atoms with Crippen LogP contribution in [0.25, 0.3) is 16.9 Å². The molecule has 1 N–H and O–H groups in total. The van der Waals surface area contributed by atoms with Crippen molar-refractivity contribution in [3.8, 4) is 0 Å². The normalized spacial score (nSPS) is 13.5. The van der Waals surface area contributed by atoms with Crippen LogP contribution in [-0.2, 0) is 6.54 Å². The lowest BCUT2D eigenvalue weighted by atomic mass is 10.2. The molecule has 114 valence electrons. The van der Waals surface area contributed by atoms with Crippen LogP contribution in [0.2, 0.25) is 0 Å². The van der Waals surface area contributed by atoms with E-state index in [1.165, 1.54) is 0 Å². The number of aromatic nitrogens is 4. The topological polar surface area (TPSA) is 55.6 Å². The molecule has 0 fully saturated rings. The smallest absolute Gasteiger partial charge is 0.312 e. The van der Waals surface area contributed by atoms with Crippen LogP contribution in [0.4, 0.5) is 10.2 Å². The van der Waals surface area contributed by atoms with Crippen LogP contribution in [0.5, 0.6) is 0 Å². The van der Waals surface area contributed by atoms with Gasteiger partial charge in [-0.25, -0.2) is 4.98 Å². The molecule has 0 bridgehead atoms. The van der Waals surface area contributed by atoms with Crippen molar-refractivity contribution in [2.45, 2.75) is 13.0 Å². The monoisotopic (exact) mass is 307 g/mol. The maximum atomic E-state index is 13.8. The predicted octanol–water partition coefficient (Wildman–Crippen LogP) is 3.38. The van der Waals surface area contributed by atoms with Crippen LogP contribution in [0.15, 0.2) is 54.9 Å². The molecule has 4 rings (SSSR count). The summed E-state index contributed by atoms with van der Waals surface area (Å²) in [5.41, 5.74) is 3.05. The Morgan fingerprint density at radius 1 is 1.17 bits per heavy atom. The molecule has 0 unspecified atom stereocenters. The molecule has 2 aromatic heterocycles. The molecule has 0 aliphatic heterocycles. The van der Waals surface area contributed by atoms with Crippen LogP contribution in [0.1, 0.15) is 12.0 Å². The van der Waals surface area contributed by atoms with Crippen molar-refractivity contribution in [2.75, 3.05) is 5.32 Å². The fraction of sp³-hybridized carbons (Fsp3) is 0.118. The Bertz CT molecular complexity index is 911. The second-order valence-electron chi connectivity index (χ2n) is 5.23. The van der Waals surface area contributed by atoms with Crippen LogP contribution in [0.3, 0.4) is 0 Å². The number of benzene rings is 1. The molecule has 5 nitrogen and oxygen atoms in total. The van der Waals surface area contributed by atoms with Gasteiger partial charge in [0.25, 0.3) is 0 Å². The number of hydrogen-bond acceptors (Lipinski definition) is 4. The number of halogens is 1. The molecule has 0 amide bonds. The van der Waals surface area contributed by atoms with Gasteiger partial charge < -0.3 is 5.32 Å². The number of rotatable bonds is 4. The second-order valence-corrected chi connectivity index (χ2v) is 5.23.